The van der Waals surface area contributed by atoms with E-state index in [-0.39, 0.29) is 24.9 Å². The Morgan fingerprint density at radius 1 is 1.13 bits per heavy atom. The van der Waals surface area contributed by atoms with Gasteiger partial charge in [-0.05, 0) is 39.3 Å². The quantitative estimate of drug-likeness (QED) is 0.556. The molecule has 206 valence electrons. The Labute approximate surface area is 221 Å². The molecule has 2 aromatic heterocycles. The number of halogens is 1. The van der Waals surface area contributed by atoms with E-state index in [1.165, 1.54) is 17.3 Å². The summed E-state index contributed by atoms with van der Waals surface area (Å²) in [6.07, 6.45) is 4.39. The summed E-state index contributed by atoms with van der Waals surface area (Å²) < 4.78 is 25.7. The van der Waals surface area contributed by atoms with E-state index in [0.29, 0.717) is 30.5 Å². The topological polar surface area (TPSA) is 125 Å². The maximum Gasteiger partial charge on any atom is 0.411 e. The first-order valence-electron chi connectivity index (χ1n) is 12.8. The number of ether oxygens (including phenoxy) is 2. The molecular weight excluding hydrogens is 495 g/mol. The Hall–Kier alpha value is -3.74. The number of hydrogen-bond donors (Lipinski definition) is 2. The number of anilines is 3. The lowest BCUT2D eigenvalue weighted by Crippen LogP contribution is -2.55. The molecule has 2 aliphatic heterocycles. The van der Waals surface area contributed by atoms with Crippen LogP contribution < -0.4 is 20.3 Å². The van der Waals surface area contributed by atoms with Gasteiger partial charge in [0.1, 0.15) is 18.1 Å². The van der Waals surface area contributed by atoms with Crippen LogP contribution in [0.3, 0.4) is 0 Å². The molecule has 2 N–H and O–H groups in total. The summed E-state index contributed by atoms with van der Waals surface area (Å²) in [5, 5.41) is 5.41. The largest absolute Gasteiger partial charge is 0.477 e. The summed E-state index contributed by atoms with van der Waals surface area (Å²) in [6, 6.07) is 2.18. The van der Waals surface area contributed by atoms with Crippen molar-refractivity contribution < 1.29 is 23.5 Å². The highest BCUT2D eigenvalue weighted by Crippen LogP contribution is 2.25. The number of aromatic nitrogens is 3. The first-order chi connectivity index (χ1) is 18.3. The molecule has 0 aromatic carbocycles. The lowest BCUT2D eigenvalue weighted by molar-refractivity contribution is 0.0662. The number of amides is 3. The molecule has 0 bridgehead atoms. The second-order valence-electron chi connectivity index (χ2n) is 9.47. The molecule has 4 rings (SSSR count). The summed E-state index contributed by atoms with van der Waals surface area (Å²) in [4.78, 5) is 43.3. The monoisotopic (exact) mass is 530 g/mol. The van der Waals surface area contributed by atoms with Crippen molar-refractivity contribution in [1.29, 1.82) is 0 Å². The second-order valence-corrected chi connectivity index (χ2v) is 9.47. The van der Waals surface area contributed by atoms with E-state index in [9.17, 15) is 14.0 Å². The number of likely N-dealkylation sites (N-methyl/N-ethyl adjacent to an activating group) is 1. The van der Waals surface area contributed by atoms with Crippen molar-refractivity contribution in [2.24, 2.45) is 0 Å². The number of piperidine rings is 2. The number of urea groups is 1. The first-order valence-corrected chi connectivity index (χ1v) is 12.8. The van der Waals surface area contributed by atoms with Gasteiger partial charge in [0.25, 0.3) is 0 Å². The van der Waals surface area contributed by atoms with Crippen LogP contribution in [-0.2, 0) is 4.74 Å². The minimum absolute atomic E-state index is 0.105. The Balaban J connectivity index is 1.34. The molecule has 3 amide bonds. The molecule has 38 heavy (non-hydrogen) atoms. The molecule has 0 unspecified atom stereocenters. The molecule has 4 heterocycles. The van der Waals surface area contributed by atoms with Crippen LogP contribution in [-0.4, -0.2) is 102 Å². The molecule has 2 atom stereocenters. The Bertz CT molecular complexity index is 1080. The van der Waals surface area contributed by atoms with E-state index < -0.39 is 24.3 Å². The van der Waals surface area contributed by atoms with E-state index in [1.54, 1.807) is 25.4 Å². The normalized spacial score (nSPS) is 20.5. The second kappa shape index (κ2) is 12.7. The van der Waals surface area contributed by atoms with Gasteiger partial charge in [0.05, 0.1) is 25.0 Å². The fourth-order valence-electron chi connectivity index (χ4n) is 4.50. The zero-order valence-electron chi connectivity index (χ0n) is 22.0. The van der Waals surface area contributed by atoms with Crippen molar-refractivity contribution in [3.8, 4) is 5.88 Å². The number of alkyl halides is 1. The van der Waals surface area contributed by atoms with Gasteiger partial charge in [-0.25, -0.2) is 28.9 Å². The number of carbonyl (C=O) groups excluding carboxylic acids is 2. The lowest BCUT2D eigenvalue weighted by atomic mass is 10.0. The third-order valence-corrected chi connectivity index (χ3v) is 6.73. The van der Waals surface area contributed by atoms with Gasteiger partial charge in [0.15, 0.2) is 5.82 Å². The van der Waals surface area contributed by atoms with Crippen molar-refractivity contribution in [2.75, 3.05) is 62.4 Å². The lowest BCUT2D eigenvalue weighted by Gasteiger charge is -2.40. The van der Waals surface area contributed by atoms with Gasteiger partial charge in [-0.15, -0.1) is 0 Å². The van der Waals surface area contributed by atoms with Crippen molar-refractivity contribution in [2.45, 2.75) is 44.5 Å². The van der Waals surface area contributed by atoms with Gasteiger partial charge in [-0.1, -0.05) is 0 Å². The van der Waals surface area contributed by atoms with Crippen molar-refractivity contribution >= 4 is 29.4 Å². The summed E-state index contributed by atoms with van der Waals surface area (Å²) in [5.74, 6) is 1.16. The number of carbonyl (C=O) groups is 2. The molecular formula is C25H35FN8O4. The van der Waals surface area contributed by atoms with E-state index in [2.05, 4.69) is 30.5 Å². The third kappa shape index (κ3) is 7.18. The minimum atomic E-state index is -1.21. The summed E-state index contributed by atoms with van der Waals surface area (Å²) in [7, 11) is 3.59. The highest BCUT2D eigenvalue weighted by molar-refractivity contribution is 5.88. The summed E-state index contributed by atoms with van der Waals surface area (Å²) in [6.45, 7) is 4.73. The molecule has 0 radical (unpaired) electrons. The maximum atomic E-state index is 14.9. The summed E-state index contributed by atoms with van der Waals surface area (Å²) in [5.41, 5.74) is 0.534. The van der Waals surface area contributed by atoms with Crippen LogP contribution in [0.15, 0.2) is 30.7 Å². The minimum Gasteiger partial charge on any atom is -0.477 e. The van der Waals surface area contributed by atoms with Crippen LogP contribution >= 0.6 is 0 Å². The predicted molar refractivity (Wildman–Crippen MR) is 140 cm³/mol. The third-order valence-electron chi connectivity index (χ3n) is 6.73. The van der Waals surface area contributed by atoms with Crippen LogP contribution in [0.25, 0.3) is 0 Å². The molecule has 0 aliphatic carbocycles. The Morgan fingerprint density at radius 3 is 2.63 bits per heavy atom. The van der Waals surface area contributed by atoms with Gasteiger partial charge >= 0.3 is 12.1 Å². The van der Waals surface area contributed by atoms with E-state index in [0.717, 1.165) is 25.9 Å². The number of rotatable bonds is 7. The SMILES string of the molecule is CCOc1cnc(NC(=O)N(C)[C@H]2CN(c3cc(NC(=O)OC4CCN(C)CC4)ccn3)CC[C@H]2F)cn1. The van der Waals surface area contributed by atoms with Gasteiger partial charge < -0.3 is 24.2 Å². The Kier molecular flexibility index (Phi) is 9.10. The van der Waals surface area contributed by atoms with Crippen LogP contribution in [0.4, 0.5) is 31.3 Å². The van der Waals surface area contributed by atoms with Crippen molar-refractivity contribution in [3.63, 3.8) is 0 Å². The van der Waals surface area contributed by atoms with Crippen LogP contribution in [0.1, 0.15) is 26.2 Å². The van der Waals surface area contributed by atoms with Gasteiger partial charge in [0.2, 0.25) is 5.88 Å². The van der Waals surface area contributed by atoms with Crippen LogP contribution in [0, 0.1) is 0 Å². The van der Waals surface area contributed by atoms with E-state index in [1.807, 2.05) is 18.9 Å². The number of hydrogen-bond acceptors (Lipinski definition) is 9. The van der Waals surface area contributed by atoms with E-state index >= 15 is 0 Å². The van der Waals surface area contributed by atoms with Crippen molar-refractivity contribution in [3.05, 3.63) is 30.7 Å². The van der Waals surface area contributed by atoms with Gasteiger partial charge in [-0.3, -0.25) is 10.6 Å². The molecule has 2 aromatic rings. The molecule has 2 aliphatic rings. The fourth-order valence-corrected chi connectivity index (χ4v) is 4.50. The number of pyridine rings is 1. The highest BCUT2D eigenvalue weighted by Gasteiger charge is 2.35. The van der Waals surface area contributed by atoms with Gasteiger partial charge in [-0.2, -0.15) is 0 Å². The average molecular weight is 531 g/mol. The number of nitrogens with zero attached hydrogens (tertiary/aromatic N) is 6. The smallest absolute Gasteiger partial charge is 0.411 e. The number of nitrogens with one attached hydrogen (secondary N) is 2. The maximum absolute atomic E-state index is 14.9. The standard InChI is InChI=1S/C25H35FN8O4/c1-4-37-23-15-28-21(14-29-23)31-24(35)33(3)20-16-34(12-8-19(20)26)22-13-17(5-9-27-22)30-25(36)38-18-6-10-32(2)11-7-18/h5,9,13-15,18-20H,4,6-8,10-12,16H2,1-3H3,(H,27,30,36)(H,28,31,35)/t19-,20+/m1/s1. The zero-order chi connectivity index (χ0) is 27.1. The van der Waals surface area contributed by atoms with Crippen LogP contribution in [0.2, 0.25) is 0 Å². The fraction of sp³-hybridized carbons (Fsp3) is 0.560. The average Bonchev–Trinajstić information content (AvgIpc) is 2.91. The Morgan fingerprint density at radius 2 is 1.92 bits per heavy atom. The first kappa shape index (κ1) is 27.3. The molecule has 2 saturated heterocycles. The van der Waals surface area contributed by atoms with E-state index in [4.69, 9.17) is 9.47 Å². The van der Waals surface area contributed by atoms with Gasteiger partial charge in [0, 0.05) is 51.2 Å². The number of likely N-dealkylation sites (tertiary alicyclic amines) is 1. The predicted octanol–water partition coefficient (Wildman–Crippen LogP) is 2.99. The zero-order valence-corrected chi connectivity index (χ0v) is 22.0. The molecule has 12 nitrogen and oxygen atoms in total. The molecule has 13 heteroatoms. The molecule has 0 spiro atoms. The van der Waals surface area contributed by atoms with Crippen LogP contribution in [0.5, 0.6) is 5.88 Å². The molecule has 2 fully saturated rings. The van der Waals surface area contributed by atoms with Crippen molar-refractivity contribution in [1.82, 2.24) is 24.8 Å². The molecule has 0 saturated carbocycles. The highest BCUT2D eigenvalue weighted by atomic mass is 19.1. The summed E-state index contributed by atoms with van der Waals surface area (Å²) >= 11 is 0.